The quantitative estimate of drug-likeness (QED) is 0.754. The van der Waals surface area contributed by atoms with Crippen LogP contribution in [0.2, 0.25) is 0 Å². The van der Waals surface area contributed by atoms with E-state index in [1.807, 2.05) is 60.7 Å². The smallest absolute Gasteiger partial charge is 0.232 e. The second-order valence-corrected chi connectivity index (χ2v) is 5.80. The van der Waals surface area contributed by atoms with Crippen molar-refractivity contribution in [2.45, 2.75) is 12.8 Å². The summed E-state index contributed by atoms with van der Waals surface area (Å²) < 4.78 is 0. The van der Waals surface area contributed by atoms with Crippen LogP contribution < -0.4 is 5.32 Å². The number of hydrogen-bond donors (Lipinski definition) is 1. The molecule has 4 nitrogen and oxygen atoms in total. The second-order valence-electron chi connectivity index (χ2n) is 5.80. The first-order chi connectivity index (χ1) is 12.1. The average Bonchev–Trinajstić information content (AvgIpc) is 2.63. The summed E-state index contributed by atoms with van der Waals surface area (Å²) in [6.45, 7) is 6.51. The highest BCUT2D eigenvalue weighted by atomic mass is 16.2. The number of nitrogens with zero attached hydrogens (tertiary/aromatic N) is 1. The van der Waals surface area contributed by atoms with E-state index in [0.717, 1.165) is 11.1 Å². The molecule has 0 aliphatic rings. The summed E-state index contributed by atoms with van der Waals surface area (Å²) in [7, 11) is 0. The zero-order valence-corrected chi connectivity index (χ0v) is 14.5. The Morgan fingerprint density at radius 1 is 1.04 bits per heavy atom. The van der Waals surface area contributed by atoms with Crippen molar-refractivity contribution in [3.8, 4) is 0 Å². The van der Waals surface area contributed by atoms with Gasteiger partial charge in [0.1, 0.15) is 0 Å². The molecular formula is C21H24N2O2. The first-order valence-corrected chi connectivity index (χ1v) is 8.37. The van der Waals surface area contributed by atoms with Crippen molar-refractivity contribution < 1.29 is 9.59 Å². The Balaban J connectivity index is 2.09. The van der Waals surface area contributed by atoms with Gasteiger partial charge in [-0.05, 0) is 11.1 Å². The maximum Gasteiger partial charge on any atom is 0.232 e. The lowest BCUT2D eigenvalue weighted by molar-refractivity contribution is -0.129. The molecule has 25 heavy (non-hydrogen) atoms. The van der Waals surface area contributed by atoms with Gasteiger partial charge in [0.2, 0.25) is 11.8 Å². The summed E-state index contributed by atoms with van der Waals surface area (Å²) in [5, 5.41) is 2.96. The normalized spacial score (nSPS) is 10.3. The molecular weight excluding hydrogens is 312 g/mol. The van der Waals surface area contributed by atoms with Crippen molar-refractivity contribution in [2.24, 2.45) is 0 Å². The minimum absolute atomic E-state index is 0.0307. The van der Waals surface area contributed by atoms with Crippen LogP contribution in [-0.4, -0.2) is 36.3 Å². The van der Waals surface area contributed by atoms with E-state index in [-0.39, 0.29) is 17.7 Å². The van der Waals surface area contributed by atoms with Gasteiger partial charge in [0, 0.05) is 26.6 Å². The Morgan fingerprint density at radius 3 is 2.00 bits per heavy atom. The van der Waals surface area contributed by atoms with Crippen molar-refractivity contribution in [3.63, 3.8) is 0 Å². The van der Waals surface area contributed by atoms with E-state index in [9.17, 15) is 9.59 Å². The lowest BCUT2D eigenvalue weighted by atomic mass is 9.90. The highest BCUT2D eigenvalue weighted by molar-refractivity contribution is 5.87. The van der Waals surface area contributed by atoms with Crippen LogP contribution in [0.5, 0.6) is 0 Å². The fourth-order valence-electron chi connectivity index (χ4n) is 2.74. The molecule has 0 bridgehead atoms. The molecule has 0 unspecified atom stereocenters. The van der Waals surface area contributed by atoms with Crippen LogP contribution in [0.3, 0.4) is 0 Å². The third kappa shape index (κ3) is 5.31. The topological polar surface area (TPSA) is 49.4 Å². The number of amides is 2. The Kier molecular flexibility index (Phi) is 6.96. The third-order valence-corrected chi connectivity index (χ3v) is 4.00. The predicted molar refractivity (Wildman–Crippen MR) is 100 cm³/mol. The van der Waals surface area contributed by atoms with Gasteiger partial charge < -0.3 is 10.2 Å². The van der Waals surface area contributed by atoms with Crippen molar-refractivity contribution in [3.05, 3.63) is 84.4 Å². The van der Waals surface area contributed by atoms with Crippen molar-refractivity contribution in [1.29, 1.82) is 0 Å². The van der Waals surface area contributed by atoms with Crippen molar-refractivity contribution >= 4 is 11.8 Å². The molecule has 2 amide bonds. The summed E-state index contributed by atoms with van der Waals surface area (Å²) in [6.07, 6.45) is 1.68. The molecule has 0 atom stereocenters. The summed E-state index contributed by atoms with van der Waals surface area (Å²) in [4.78, 5) is 26.0. The van der Waals surface area contributed by atoms with E-state index in [4.69, 9.17) is 0 Å². The molecule has 0 radical (unpaired) electrons. The minimum atomic E-state index is -0.368. The first kappa shape index (κ1) is 18.5. The highest BCUT2D eigenvalue weighted by Crippen LogP contribution is 2.24. The highest BCUT2D eigenvalue weighted by Gasteiger charge is 2.22. The zero-order chi connectivity index (χ0) is 18.1. The van der Waals surface area contributed by atoms with E-state index in [0.29, 0.717) is 19.6 Å². The monoisotopic (exact) mass is 336 g/mol. The minimum Gasteiger partial charge on any atom is -0.354 e. The molecule has 0 aromatic heterocycles. The average molecular weight is 336 g/mol. The van der Waals surface area contributed by atoms with E-state index >= 15 is 0 Å². The van der Waals surface area contributed by atoms with Gasteiger partial charge in [-0.2, -0.15) is 0 Å². The summed E-state index contributed by atoms with van der Waals surface area (Å²) in [5.74, 6) is -0.469. The van der Waals surface area contributed by atoms with Crippen LogP contribution in [0.4, 0.5) is 0 Å². The van der Waals surface area contributed by atoms with Gasteiger partial charge in [0.25, 0.3) is 0 Å². The summed E-state index contributed by atoms with van der Waals surface area (Å²) in [5.41, 5.74) is 1.89. The molecule has 0 aliphatic heterocycles. The van der Waals surface area contributed by atoms with Crippen LogP contribution in [0.15, 0.2) is 73.3 Å². The van der Waals surface area contributed by atoms with Gasteiger partial charge in [0.15, 0.2) is 0 Å². The van der Waals surface area contributed by atoms with Crippen molar-refractivity contribution in [2.75, 3.05) is 19.6 Å². The van der Waals surface area contributed by atoms with Crippen molar-refractivity contribution in [1.82, 2.24) is 10.2 Å². The van der Waals surface area contributed by atoms with Crippen LogP contribution in [-0.2, 0) is 9.59 Å². The third-order valence-electron chi connectivity index (χ3n) is 4.00. The standard InChI is InChI=1S/C21H24N2O2/c1-3-15-23(17(2)24)16-14-22-21(25)20(18-10-6-4-7-11-18)19-12-8-5-9-13-19/h3-13,20H,1,14-16H2,2H3,(H,22,25). The first-order valence-electron chi connectivity index (χ1n) is 8.37. The van der Waals surface area contributed by atoms with Crippen LogP contribution >= 0.6 is 0 Å². The molecule has 0 saturated heterocycles. The SMILES string of the molecule is C=CCN(CCNC(=O)C(c1ccccc1)c1ccccc1)C(C)=O. The number of carbonyl (C=O) groups is 2. The molecule has 0 aliphatic carbocycles. The number of carbonyl (C=O) groups excluding carboxylic acids is 2. The van der Waals surface area contributed by atoms with E-state index in [1.165, 1.54) is 6.92 Å². The Hall–Kier alpha value is -2.88. The largest absolute Gasteiger partial charge is 0.354 e. The Morgan fingerprint density at radius 2 is 1.56 bits per heavy atom. The molecule has 4 heteroatoms. The Bertz CT molecular complexity index is 659. The molecule has 2 aromatic carbocycles. The van der Waals surface area contributed by atoms with Gasteiger partial charge in [-0.25, -0.2) is 0 Å². The fourth-order valence-corrected chi connectivity index (χ4v) is 2.74. The number of nitrogens with one attached hydrogen (secondary N) is 1. The fraction of sp³-hybridized carbons (Fsp3) is 0.238. The van der Waals surface area contributed by atoms with Gasteiger partial charge in [-0.1, -0.05) is 66.7 Å². The second kappa shape index (κ2) is 9.42. The lowest BCUT2D eigenvalue weighted by Crippen LogP contribution is -2.39. The molecule has 0 saturated carbocycles. The maximum atomic E-state index is 12.8. The van der Waals surface area contributed by atoms with Gasteiger partial charge in [0.05, 0.1) is 5.92 Å². The predicted octanol–water partition coefficient (Wildman–Crippen LogP) is 2.97. The molecule has 0 fully saturated rings. The lowest BCUT2D eigenvalue weighted by Gasteiger charge is -2.21. The number of rotatable bonds is 8. The number of benzene rings is 2. The summed E-state index contributed by atoms with van der Waals surface area (Å²) in [6, 6.07) is 19.4. The van der Waals surface area contributed by atoms with E-state index in [1.54, 1.807) is 11.0 Å². The van der Waals surface area contributed by atoms with Gasteiger partial charge in [-0.15, -0.1) is 6.58 Å². The molecule has 130 valence electrons. The molecule has 2 aromatic rings. The molecule has 1 N–H and O–H groups in total. The maximum absolute atomic E-state index is 12.8. The van der Waals surface area contributed by atoms with Crippen LogP contribution in [0, 0.1) is 0 Å². The van der Waals surface area contributed by atoms with Crippen LogP contribution in [0.1, 0.15) is 24.0 Å². The molecule has 0 spiro atoms. The van der Waals surface area contributed by atoms with E-state index < -0.39 is 0 Å². The summed E-state index contributed by atoms with van der Waals surface area (Å²) >= 11 is 0. The van der Waals surface area contributed by atoms with Crippen LogP contribution in [0.25, 0.3) is 0 Å². The van der Waals surface area contributed by atoms with Gasteiger partial charge >= 0.3 is 0 Å². The van der Waals surface area contributed by atoms with E-state index in [2.05, 4.69) is 11.9 Å². The zero-order valence-electron chi connectivity index (χ0n) is 14.5. The van der Waals surface area contributed by atoms with Gasteiger partial charge in [-0.3, -0.25) is 9.59 Å². The number of hydrogen-bond acceptors (Lipinski definition) is 2. The molecule has 2 rings (SSSR count). The molecule has 0 heterocycles. The Labute approximate surface area is 149 Å².